The van der Waals surface area contributed by atoms with E-state index in [1.165, 1.54) is 18.2 Å². The smallest absolute Gasteiger partial charge is 0.240 e. The number of primary sulfonamides is 1. The Balaban J connectivity index is 2.11. The fourth-order valence-corrected chi connectivity index (χ4v) is 2.53. The van der Waals surface area contributed by atoms with Crippen LogP contribution in [0.4, 0.5) is 5.69 Å². The molecule has 106 valence electrons. The number of nitrogen functional groups attached to an aromatic ring is 1. The predicted molar refractivity (Wildman–Crippen MR) is 80.7 cm³/mol. The molecule has 0 fully saturated rings. The summed E-state index contributed by atoms with van der Waals surface area (Å²) >= 11 is 3.35. The highest BCUT2D eigenvalue weighted by molar-refractivity contribution is 9.10. The molecule has 2 rings (SSSR count). The molecule has 0 bridgehead atoms. The highest BCUT2D eigenvalue weighted by Crippen LogP contribution is 2.23. The Morgan fingerprint density at radius 2 is 1.75 bits per heavy atom. The van der Waals surface area contributed by atoms with Gasteiger partial charge in [-0.1, -0.05) is 28.1 Å². The van der Waals surface area contributed by atoms with Crippen molar-refractivity contribution in [3.63, 3.8) is 0 Å². The van der Waals surface area contributed by atoms with E-state index in [2.05, 4.69) is 15.9 Å². The van der Waals surface area contributed by atoms with Gasteiger partial charge in [0, 0.05) is 10.5 Å². The molecule has 7 heteroatoms. The first-order valence-electron chi connectivity index (χ1n) is 5.66. The van der Waals surface area contributed by atoms with Crippen molar-refractivity contribution in [1.82, 2.24) is 0 Å². The fourth-order valence-electron chi connectivity index (χ4n) is 1.62. The minimum Gasteiger partial charge on any atom is -0.489 e. The second-order valence-electron chi connectivity index (χ2n) is 4.16. The molecular weight excluding hydrogens is 344 g/mol. The molecule has 0 unspecified atom stereocenters. The third-order valence-electron chi connectivity index (χ3n) is 2.61. The molecule has 0 aliphatic heterocycles. The minimum atomic E-state index is -3.81. The number of benzene rings is 2. The van der Waals surface area contributed by atoms with Crippen LogP contribution in [0, 0.1) is 0 Å². The molecule has 0 heterocycles. The van der Waals surface area contributed by atoms with Gasteiger partial charge in [-0.15, -0.1) is 0 Å². The number of hydrogen-bond acceptors (Lipinski definition) is 4. The molecule has 0 radical (unpaired) electrons. The lowest BCUT2D eigenvalue weighted by Gasteiger charge is -2.09. The van der Waals surface area contributed by atoms with E-state index in [1.807, 2.05) is 24.3 Å². The third-order valence-corrected chi connectivity index (χ3v) is 4.12. The molecule has 0 spiro atoms. The number of nitrogens with two attached hydrogens (primary N) is 2. The summed E-state index contributed by atoms with van der Waals surface area (Å²) in [4.78, 5) is -0.103. The monoisotopic (exact) mass is 356 g/mol. The number of hydrogen-bond donors (Lipinski definition) is 2. The quantitative estimate of drug-likeness (QED) is 0.821. The van der Waals surface area contributed by atoms with E-state index in [1.54, 1.807) is 0 Å². The summed E-state index contributed by atoms with van der Waals surface area (Å²) in [6.07, 6.45) is 0. The minimum absolute atomic E-state index is 0.0702. The van der Waals surface area contributed by atoms with Crippen LogP contribution in [0.2, 0.25) is 0 Å². The first-order chi connectivity index (χ1) is 9.36. The standard InChI is InChI=1S/C13H13BrN2O3S/c14-10-3-1-9(2-4-10)8-19-11-5-6-13(12(15)7-11)20(16,17)18/h1-7H,8,15H2,(H2,16,17,18). The number of sulfonamides is 1. The molecular formula is C13H13BrN2O3S. The average Bonchev–Trinajstić information content (AvgIpc) is 2.36. The number of rotatable bonds is 4. The molecule has 20 heavy (non-hydrogen) atoms. The van der Waals surface area contributed by atoms with Gasteiger partial charge in [-0.2, -0.15) is 0 Å². The normalized spacial score (nSPS) is 11.3. The van der Waals surface area contributed by atoms with Crippen LogP contribution in [0.25, 0.3) is 0 Å². The SMILES string of the molecule is Nc1cc(OCc2ccc(Br)cc2)ccc1S(N)(=O)=O. The Bertz CT molecular complexity index is 715. The molecule has 0 aliphatic carbocycles. The maximum atomic E-state index is 11.2. The van der Waals surface area contributed by atoms with Gasteiger partial charge in [-0.3, -0.25) is 0 Å². The zero-order valence-corrected chi connectivity index (χ0v) is 12.8. The molecule has 2 aromatic rings. The van der Waals surface area contributed by atoms with Gasteiger partial charge in [0.05, 0.1) is 5.69 Å². The van der Waals surface area contributed by atoms with Gasteiger partial charge < -0.3 is 10.5 Å². The van der Waals surface area contributed by atoms with Crippen LogP contribution < -0.4 is 15.6 Å². The van der Waals surface area contributed by atoms with Crippen molar-refractivity contribution < 1.29 is 13.2 Å². The van der Waals surface area contributed by atoms with Gasteiger partial charge in [-0.05, 0) is 29.8 Å². The van der Waals surface area contributed by atoms with Crippen molar-refractivity contribution in [3.05, 3.63) is 52.5 Å². The topological polar surface area (TPSA) is 95.4 Å². The van der Waals surface area contributed by atoms with Crippen molar-refractivity contribution in [3.8, 4) is 5.75 Å². The van der Waals surface area contributed by atoms with Gasteiger partial charge in [0.15, 0.2) is 0 Å². The zero-order chi connectivity index (χ0) is 14.8. The van der Waals surface area contributed by atoms with Crippen LogP contribution >= 0.6 is 15.9 Å². The number of halogens is 1. The molecule has 0 aliphatic rings. The summed E-state index contributed by atoms with van der Waals surface area (Å²) in [5.74, 6) is 0.484. The Hall–Kier alpha value is -1.57. The molecule has 0 saturated heterocycles. The Morgan fingerprint density at radius 3 is 2.30 bits per heavy atom. The summed E-state index contributed by atoms with van der Waals surface area (Å²) in [6, 6.07) is 12.0. The lowest BCUT2D eigenvalue weighted by atomic mass is 10.2. The van der Waals surface area contributed by atoms with E-state index in [0.29, 0.717) is 12.4 Å². The Kier molecular flexibility index (Phi) is 4.32. The van der Waals surface area contributed by atoms with E-state index < -0.39 is 10.0 Å². The second-order valence-corrected chi connectivity index (χ2v) is 6.61. The first kappa shape index (κ1) is 14.8. The molecule has 5 nitrogen and oxygen atoms in total. The van der Waals surface area contributed by atoms with Gasteiger partial charge >= 0.3 is 0 Å². The second kappa shape index (κ2) is 5.82. The van der Waals surface area contributed by atoms with Gasteiger partial charge in [0.25, 0.3) is 0 Å². The highest BCUT2D eigenvalue weighted by atomic mass is 79.9. The zero-order valence-electron chi connectivity index (χ0n) is 10.4. The van der Waals surface area contributed by atoms with Gasteiger partial charge in [0.1, 0.15) is 17.3 Å². The van der Waals surface area contributed by atoms with Crippen molar-refractivity contribution in [2.24, 2.45) is 5.14 Å². The molecule has 0 atom stereocenters. The summed E-state index contributed by atoms with van der Waals surface area (Å²) in [6.45, 7) is 0.363. The van der Waals surface area contributed by atoms with Crippen molar-refractivity contribution >= 4 is 31.6 Å². The van der Waals surface area contributed by atoms with Crippen LogP contribution in [-0.2, 0) is 16.6 Å². The first-order valence-corrected chi connectivity index (χ1v) is 8.00. The van der Waals surface area contributed by atoms with Crippen molar-refractivity contribution in [2.75, 3.05) is 5.73 Å². The summed E-state index contributed by atoms with van der Waals surface area (Å²) in [5.41, 5.74) is 6.71. The summed E-state index contributed by atoms with van der Waals surface area (Å²) in [5, 5.41) is 5.03. The Labute approximate surface area is 125 Å². The average molecular weight is 357 g/mol. The van der Waals surface area contributed by atoms with E-state index in [-0.39, 0.29) is 10.6 Å². The molecule has 2 aromatic carbocycles. The molecule has 0 aromatic heterocycles. The van der Waals surface area contributed by atoms with Gasteiger partial charge in [0.2, 0.25) is 10.0 Å². The van der Waals surface area contributed by atoms with E-state index in [9.17, 15) is 8.42 Å². The maximum Gasteiger partial charge on any atom is 0.240 e. The van der Waals surface area contributed by atoms with Crippen LogP contribution in [-0.4, -0.2) is 8.42 Å². The fraction of sp³-hybridized carbons (Fsp3) is 0.0769. The number of ether oxygens (including phenoxy) is 1. The maximum absolute atomic E-state index is 11.2. The van der Waals surface area contributed by atoms with E-state index in [4.69, 9.17) is 15.6 Å². The van der Waals surface area contributed by atoms with Crippen molar-refractivity contribution in [1.29, 1.82) is 0 Å². The molecule has 4 N–H and O–H groups in total. The molecule has 0 amide bonds. The van der Waals surface area contributed by atoms with Crippen LogP contribution in [0.1, 0.15) is 5.56 Å². The third kappa shape index (κ3) is 3.72. The van der Waals surface area contributed by atoms with E-state index >= 15 is 0 Å². The highest BCUT2D eigenvalue weighted by Gasteiger charge is 2.12. The largest absolute Gasteiger partial charge is 0.489 e. The number of anilines is 1. The summed E-state index contributed by atoms with van der Waals surface area (Å²) in [7, 11) is -3.81. The molecule has 0 saturated carbocycles. The van der Waals surface area contributed by atoms with Crippen LogP contribution in [0.5, 0.6) is 5.75 Å². The summed E-state index contributed by atoms with van der Waals surface area (Å²) < 4.78 is 29.0. The van der Waals surface area contributed by atoms with Crippen LogP contribution in [0.3, 0.4) is 0 Å². The van der Waals surface area contributed by atoms with Crippen LogP contribution in [0.15, 0.2) is 51.8 Å². The lowest BCUT2D eigenvalue weighted by molar-refractivity contribution is 0.306. The van der Waals surface area contributed by atoms with E-state index in [0.717, 1.165) is 10.0 Å². The Morgan fingerprint density at radius 1 is 1.10 bits per heavy atom. The lowest BCUT2D eigenvalue weighted by Crippen LogP contribution is -2.14. The van der Waals surface area contributed by atoms with Crippen molar-refractivity contribution in [2.45, 2.75) is 11.5 Å². The van der Waals surface area contributed by atoms with Gasteiger partial charge in [-0.25, -0.2) is 13.6 Å². The predicted octanol–water partition coefficient (Wildman–Crippen LogP) is 2.26.